The van der Waals surface area contributed by atoms with Crippen molar-refractivity contribution in [1.29, 1.82) is 0 Å². The van der Waals surface area contributed by atoms with Crippen LogP contribution in [0.1, 0.15) is 355 Å². The van der Waals surface area contributed by atoms with Gasteiger partial charge in [0.05, 0.1) is 0 Å². The molecule has 0 saturated carbocycles. The monoisotopic (exact) mass is 973 g/mol. The second-order valence-electron chi connectivity index (χ2n) is 21.3. The van der Waals surface area contributed by atoms with Gasteiger partial charge in [-0.15, -0.1) is 0 Å². The summed E-state index contributed by atoms with van der Waals surface area (Å²) < 4.78 is 16.9. The molecule has 0 fully saturated rings. The molecule has 0 bridgehead atoms. The van der Waals surface area contributed by atoms with Crippen LogP contribution in [0.15, 0.2) is 12.2 Å². The highest BCUT2D eigenvalue weighted by atomic mass is 16.6. The molecule has 0 aromatic heterocycles. The van der Waals surface area contributed by atoms with Crippen molar-refractivity contribution in [2.75, 3.05) is 13.2 Å². The van der Waals surface area contributed by atoms with Gasteiger partial charge in [-0.05, 0) is 44.9 Å². The van der Waals surface area contributed by atoms with E-state index in [1.165, 1.54) is 257 Å². The summed E-state index contributed by atoms with van der Waals surface area (Å²) in [5, 5.41) is 0. The first-order chi connectivity index (χ1) is 34.0. The molecule has 0 saturated heterocycles. The molecule has 0 rings (SSSR count). The number of carbonyl (C=O) groups is 3. The lowest BCUT2D eigenvalue weighted by atomic mass is 10.0. The van der Waals surface area contributed by atoms with E-state index in [0.29, 0.717) is 19.3 Å². The number of ether oxygens (including phenoxy) is 3. The lowest BCUT2D eigenvalue weighted by molar-refractivity contribution is -0.167. The molecule has 0 unspecified atom stereocenters. The molecular weight excluding hydrogens is 853 g/mol. The van der Waals surface area contributed by atoms with Crippen molar-refractivity contribution >= 4 is 17.9 Å². The highest BCUT2D eigenvalue weighted by molar-refractivity contribution is 5.71. The van der Waals surface area contributed by atoms with Gasteiger partial charge >= 0.3 is 17.9 Å². The highest BCUT2D eigenvalue weighted by Crippen LogP contribution is 2.18. The Hall–Kier alpha value is -1.85. The van der Waals surface area contributed by atoms with E-state index >= 15 is 0 Å². The summed E-state index contributed by atoms with van der Waals surface area (Å²) in [6.45, 7) is 6.70. The Morgan fingerprint density at radius 3 is 0.739 bits per heavy atom. The number of carbonyl (C=O) groups excluding carboxylic acids is 3. The molecule has 1 atom stereocenters. The van der Waals surface area contributed by atoms with Gasteiger partial charge in [0.2, 0.25) is 0 Å². The predicted molar refractivity (Wildman–Crippen MR) is 298 cm³/mol. The zero-order valence-electron chi connectivity index (χ0n) is 46.9. The van der Waals surface area contributed by atoms with E-state index < -0.39 is 6.10 Å². The minimum Gasteiger partial charge on any atom is -0.462 e. The number of allylic oxidation sites excluding steroid dienone is 2. The first-order valence-corrected chi connectivity index (χ1v) is 31.2. The molecule has 6 nitrogen and oxygen atoms in total. The van der Waals surface area contributed by atoms with Crippen molar-refractivity contribution in [1.82, 2.24) is 0 Å². The van der Waals surface area contributed by atoms with Crippen LogP contribution >= 0.6 is 0 Å². The van der Waals surface area contributed by atoms with Crippen molar-refractivity contribution in [2.45, 2.75) is 361 Å². The van der Waals surface area contributed by atoms with E-state index in [2.05, 4.69) is 32.9 Å². The smallest absolute Gasteiger partial charge is 0.306 e. The predicted octanol–water partition coefficient (Wildman–Crippen LogP) is 20.9. The van der Waals surface area contributed by atoms with E-state index in [-0.39, 0.29) is 31.1 Å². The van der Waals surface area contributed by atoms with Gasteiger partial charge in [0.15, 0.2) is 6.10 Å². The fraction of sp³-hybridized carbons (Fsp3) is 0.921. The standard InChI is InChI=1S/C63H120O6/c1-4-7-10-13-16-19-22-25-28-29-30-31-32-33-36-39-42-45-48-51-54-57-63(66)69-60(58-67-61(64)55-52-49-46-43-40-37-34-26-23-20-17-14-11-8-5-2)59-68-62(65)56-53-50-47-44-41-38-35-27-24-21-18-15-12-9-6-3/h20,23,60H,4-19,21-22,24-59H2,1-3H3/b23-20-/t60-/m1/s1. The van der Waals surface area contributed by atoms with Crippen LogP contribution in [0, 0.1) is 0 Å². The van der Waals surface area contributed by atoms with Gasteiger partial charge in [-0.2, -0.15) is 0 Å². The quantitative estimate of drug-likeness (QED) is 0.0261. The molecule has 0 amide bonds. The Morgan fingerprint density at radius 1 is 0.275 bits per heavy atom. The highest BCUT2D eigenvalue weighted by Gasteiger charge is 2.19. The first-order valence-electron chi connectivity index (χ1n) is 31.2. The lowest BCUT2D eigenvalue weighted by Crippen LogP contribution is -2.30. The van der Waals surface area contributed by atoms with E-state index in [1.807, 2.05) is 0 Å². The summed E-state index contributed by atoms with van der Waals surface area (Å²) in [7, 11) is 0. The Bertz CT molecular complexity index is 1070. The van der Waals surface area contributed by atoms with E-state index in [1.54, 1.807) is 0 Å². The second kappa shape index (κ2) is 58.7. The van der Waals surface area contributed by atoms with Crippen LogP contribution in [-0.2, 0) is 28.6 Å². The van der Waals surface area contributed by atoms with Gasteiger partial charge in [0.25, 0.3) is 0 Å². The zero-order valence-corrected chi connectivity index (χ0v) is 46.9. The maximum Gasteiger partial charge on any atom is 0.306 e. The number of rotatable bonds is 58. The molecule has 69 heavy (non-hydrogen) atoms. The van der Waals surface area contributed by atoms with Gasteiger partial charge in [-0.3, -0.25) is 14.4 Å². The minimum atomic E-state index is -0.766. The third-order valence-corrected chi connectivity index (χ3v) is 14.3. The molecule has 6 heteroatoms. The topological polar surface area (TPSA) is 78.9 Å². The molecule has 0 radical (unpaired) electrons. The van der Waals surface area contributed by atoms with Crippen LogP contribution in [-0.4, -0.2) is 37.2 Å². The Morgan fingerprint density at radius 2 is 0.478 bits per heavy atom. The molecule has 0 N–H and O–H groups in total. The van der Waals surface area contributed by atoms with Crippen LogP contribution in [0.3, 0.4) is 0 Å². The summed E-state index contributed by atoms with van der Waals surface area (Å²) in [4.78, 5) is 38.2. The van der Waals surface area contributed by atoms with Crippen molar-refractivity contribution in [3.63, 3.8) is 0 Å². The summed E-state index contributed by atoms with van der Waals surface area (Å²) in [5.74, 6) is -0.840. The zero-order chi connectivity index (χ0) is 50.0. The van der Waals surface area contributed by atoms with Crippen LogP contribution in [0.5, 0.6) is 0 Å². The van der Waals surface area contributed by atoms with Crippen molar-refractivity contribution < 1.29 is 28.6 Å². The van der Waals surface area contributed by atoms with Gasteiger partial charge < -0.3 is 14.2 Å². The average Bonchev–Trinajstić information content (AvgIpc) is 3.35. The number of unbranched alkanes of at least 4 members (excludes halogenated alkanes) is 45. The first kappa shape index (κ1) is 67.1. The maximum absolute atomic E-state index is 12.9. The summed E-state index contributed by atoms with van der Waals surface area (Å²) in [6.07, 6.45) is 67.8. The molecule has 0 spiro atoms. The Balaban J connectivity index is 4.28. The Labute approximate surface area is 431 Å². The van der Waals surface area contributed by atoms with Gasteiger partial charge in [-0.25, -0.2) is 0 Å². The maximum atomic E-state index is 12.9. The summed E-state index contributed by atoms with van der Waals surface area (Å²) in [6, 6.07) is 0. The Kier molecular flexibility index (Phi) is 57.1. The normalized spacial score (nSPS) is 12.0. The number of esters is 3. The third-order valence-electron chi connectivity index (χ3n) is 14.3. The van der Waals surface area contributed by atoms with E-state index in [4.69, 9.17) is 14.2 Å². The van der Waals surface area contributed by atoms with Crippen LogP contribution in [0.2, 0.25) is 0 Å². The lowest BCUT2D eigenvalue weighted by Gasteiger charge is -2.18. The van der Waals surface area contributed by atoms with Gasteiger partial charge in [-0.1, -0.05) is 303 Å². The molecule has 0 aliphatic heterocycles. The van der Waals surface area contributed by atoms with Crippen molar-refractivity contribution in [3.8, 4) is 0 Å². The van der Waals surface area contributed by atoms with Crippen LogP contribution in [0.4, 0.5) is 0 Å². The molecule has 0 aliphatic carbocycles. The molecule has 0 aliphatic rings. The van der Waals surface area contributed by atoms with Crippen molar-refractivity contribution in [3.05, 3.63) is 12.2 Å². The van der Waals surface area contributed by atoms with Gasteiger partial charge in [0, 0.05) is 19.3 Å². The molecule has 0 aromatic rings. The fourth-order valence-electron chi connectivity index (χ4n) is 9.56. The minimum absolute atomic E-state index is 0.0648. The average molecular weight is 974 g/mol. The van der Waals surface area contributed by atoms with Crippen LogP contribution < -0.4 is 0 Å². The fourth-order valence-corrected chi connectivity index (χ4v) is 9.56. The molecular formula is C63H120O6. The second-order valence-corrected chi connectivity index (χ2v) is 21.3. The largest absolute Gasteiger partial charge is 0.462 e. The van der Waals surface area contributed by atoms with Crippen LogP contribution in [0.25, 0.3) is 0 Å². The summed E-state index contributed by atoms with van der Waals surface area (Å²) in [5.41, 5.74) is 0. The molecule has 408 valence electrons. The number of hydrogen-bond donors (Lipinski definition) is 0. The SMILES string of the molecule is CCCCCC/C=C\CCCCCCCCCC(=O)OC[C@H](COC(=O)CCCCCCCCCCCCCCCCC)OC(=O)CCCCCCCCCCCCCCCCCCCCCCC. The van der Waals surface area contributed by atoms with E-state index in [9.17, 15) is 14.4 Å². The van der Waals surface area contributed by atoms with Crippen molar-refractivity contribution in [2.24, 2.45) is 0 Å². The molecule has 0 heterocycles. The van der Waals surface area contributed by atoms with E-state index in [0.717, 1.165) is 57.8 Å². The van der Waals surface area contributed by atoms with Gasteiger partial charge in [0.1, 0.15) is 13.2 Å². The summed E-state index contributed by atoms with van der Waals surface area (Å²) >= 11 is 0. The molecule has 0 aromatic carbocycles. The third kappa shape index (κ3) is 56.9. The number of hydrogen-bond acceptors (Lipinski definition) is 6.